The fourth-order valence-electron chi connectivity index (χ4n) is 1.85. The topological polar surface area (TPSA) is 4.93 Å². The van der Waals surface area contributed by atoms with E-state index in [9.17, 15) is 0 Å². The van der Waals surface area contributed by atoms with Gasteiger partial charge in [-0.2, -0.15) is 0 Å². The lowest BCUT2D eigenvalue weighted by Gasteiger charge is -2.01. The molecule has 1 nitrogen and oxygen atoms in total. The Morgan fingerprint density at radius 2 is 2.14 bits per heavy atom. The van der Waals surface area contributed by atoms with E-state index < -0.39 is 0 Å². The molecule has 0 aliphatic heterocycles. The molecule has 0 spiro atoms. The van der Waals surface area contributed by atoms with Gasteiger partial charge in [0.1, 0.15) is 0 Å². The van der Waals surface area contributed by atoms with Crippen molar-refractivity contribution in [2.45, 2.75) is 19.9 Å². The lowest BCUT2D eigenvalue weighted by molar-refractivity contribution is 0.737. The standard InChI is InChI=1S/C13H15N/c1-3-4-9-14-10-11(2)12-7-5-6-8-13(12)14/h3,5-8,10H,1,4,9H2,2H3. The van der Waals surface area contributed by atoms with Gasteiger partial charge in [0.15, 0.2) is 0 Å². The van der Waals surface area contributed by atoms with E-state index in [1.807, 2.05) is 6.08 Å². The van der Waals surface area contributed by atoms with E-state index in [2.05, 4.69) is 48.5 Å². The summed E-state index contributed by atoms with van der Waals surface area (Å²) in [5.41, 5.74) is 2.68. The molecular weight excluding hydrogens is 170 g/mol. The van der Waals surface area contributed by atoms with Crippen molar-refractivity contribution in [2.24, 2.45) is 0 Å². The summed E-state index contributed by atoms with van der Waals surface area (Å²) < 4.78 is 2.30. The molecule has 14 heavy (non-hydrogen) atoms. The number of aromatic nitrogens is 1. The van der Waals surface area contributed by atoms with Crippen LogP contribution in [0.5, 0.6) is 0 Å². The van der Waals surface area contributed by atoms with Crippen molar-refractivity contribution in [1.29, 1.82) is 0 Å². The van der Waals surface area contributed by atoms with Crippen molar-refractivity contribution >= 4 is 10.9 Å². The van der Waals surface area contributed by atoms with Gasteiger partial charge < -0.3 is 4.57 Å². The molecule has 0 saturated heterocycles. The third-order valence-electron chi connectivity index (χ3n) is 2.56. The maximum atomic E-state index is 3.75. The Hall–Kier alpha value is -1.50. The minimum absolute atomic E-state index is 1.03. The molecule has 0 saturated carbocycles. The predicted molar refractivity (Wildman–Crippen MR) is 61.5 cm³/mol. The zero-order chi connectivity index (χ0) is 9.97. The fourth-order valence-corrected chi connectivity index (χ4v) is 1.85. The molecule has 2 aromatic rings. The minimum atomic E-state index is 1.03. The monoisotopic (exact) mass is 185 g/mol. The number of hydrogen-bond donors (Lipinski definition) is 0. The predicted octanol–water partition coefficient (Wildman–Crippen LogP) is 3.53. The van der Waals surface area contributed by atoms with Crippen LogP contribution in [0, 0.1) is 6.92 Å². The Kier molecular flexibility index (Phi) is 2.40. The van der Waals surface area contributed by atoms with Gasteiger partial charge >= 0.3 is 0 Å². The zero-order valence-corrected chi connectivity index (χ0v) is 8.53. The van der Waals surface area contributed by atoms with Gasteiger partial charge in [0.2, 0.25) is 0 Å². The van der Waals surface area contributed by atoms with E-state index in [0.29, 0.717) is 0 Å². The van der Waals surface area contributed by atoms with Gasteiger partial charge in [-0.05, 0) is 25.0 Å². The largest absolute Gasteiger partial charge is 0.347 e. The summed E-state index contributed by atoms with van der Waals surface area (Å²) in [5.74, 6) is 0. The zero-order valence-electron chi connectivity index (χ0n) is 8.53. The maximum Gasteiger partial charge on any atom is 0.0483 e. The molecule has 0 aliphatic carbocycles. The third-order valence-corrected chi connectivity index (χ3v) is 2.56. The van der Waals surface area contributed by atoms with Crippen LogP contribution in [0.1, 0.15) is 12.0 Å². The summed E-state index contributed by atoms with van der Waals surface area (Å²) in [6, 6.07) is 8.53. The maximum absolute atomic E-state index is 3.75. The fraction of sp³-hybridized carbons (Fsp3) is 0.231. The van der Waals surface area contributed by atoms with E-state index in [1.165, 1.54) is 16.5 Å². The molecule has 0 aliphatic rings. The molecule has 0 bridgehead atoms. The summed E-state index contributed by atoms with van der Waals surface area (Å²) in [5, 5.41) is 1.36. The highest BCUT2D eigenvalue weighted by Crippen LogP contribution is 2.20. The second kappa shape index (κ2) is 3.70. The van der Waals surface area contributed by atoms with Gasteiger partial charge in [-0.25, -0.2) is 0 Å². The number of benzene rings is 1. The smallest absolute Gasteiger partial charge is 0.0483 e. The highest BCUT2D eigenvalue weighted by Gasteiger charge is 2.02. The molecule has 0 atom stereocenters. The molecule has 1 heterocycles. The summed E-state index contributed by atoms with van der Waals surface area (Å²) in [6.45, 7) is 6.93. The van der Waals surface area contributed by atoms with Crippen molar-refractivity contribution in [3.8, 4) is 0 Å². The third kappa shape index (κ3) is 1.46. The molecule has 1 aromatic heterocycles. The first-order chi connectivity index (χ1) is 6.83. The van der Waals surface area contributed by atoms with E-state index in [4.69, 9.17) is 0 Å². The number of aryl methyl sites for hydroxylation is 2. The average Bonchev–Trinajstić information content (AvgIpc) is 2.54. The Bertz CT molecular complexity index is 451. The van der Waals surface area contributed by atoms with Crippen molar-refractivity contribution in [2.75, 3.05) is 0 Å². The number of rotatable bonds is 3. The average molecular weight is 185 g/mol. The highest BCUT2D eigenvalue weighted by molar-refractivity contribution is 5.83. The van der Waals surface area contributed by atoms with Gasteiger partial charge in [-0.15, -0.1) is 6.58 Å². The van der Waals surface area contributed by atoms with Gasteiger partial charge in [-0.3, -0.25) is 0 Å². The second-order valence-electron chi connectivity index (χ2n) is 3.60. The van der Waals surface area contributed by atoms with Gasteiger partial charge in [0.25, 0.3) is 0 Å². The van der Waals surface area contributed by atoms with Gasteiger partial charge in [-0.1, -0.05) is 24.3 Å². The molecule has 0 unspecified atom stereocenters. The van der Waals surface area contributed by atoms with Crippen LogP contribution in [0.25, 0.3) is 10.9 Å². The van der Waals surface area contributed by atoms with E-state index >= 15 is 0 Å². The quantitative estimate of drug-likeness (QED) is 0.645. The van der Waals surface area contributed by atoms with Crippen molar-refractivity contribution in [3.63, 3.8) is 0 Å². The number of allylic oxidation sites excluding steroid dienone is 1. The van der Waals surface area contributed by atoms with Crippen LogP contribution in [0.2, 0.25) is 0 Å². The lowest BCUT2D eigenvalue weighted by atomic mass is 10.2. The molecule has 1 aromatic carbocycles. The van der Waals surface area contributed by atoms with Crippen LogP contribution in [0.3, 0.4) is 0 Å². The number of hydrogen-bond acceptors (Lipinski definition) is 0. The Morgan fingerprint density at radius 1 is 1.36 bits per heavy atom. The van der Waals surface area contributed by atoms with Crippen molar-refractivity contribution < 1.29 is 0 Å². The summed E-state index contributed by atoms with van der Waals surface area (Å²) in [7, 11) is 0. The Balaban J connectivity index is 2.49. The van der Waals surface area contributed by atoms with Crippen LogP contribution in [-0.2, 0) is 6.54 Å². The van der Waals surface area contributed by atoms with E-state index in [0.717, 1.165) is 13.0 Å². The SMILES string of the molecule is C=CCCn1cc(C)c2ccccc21. The Morgan fingerprint density at radius 3 is 2.93 bits per heavy atom. The van der Waals surface area contributed by atoms with Crippen molar-refractivity contribution in [3.05, 3.63) is 48.7 Å². The summed E-state index contributed by atoms with van der Waals surface area (Å²) in [4.78, 5) is 0. The van der Waals surface area contributed by atoms with E-state index in [-0.39, 0.29) is 0 Å². The summed E-state index contributed by atoms with van der Waals surface area (Å²) in [6.07, 6.45) is 5.20. The molecule has 0 fully saturated rings. The highest BCUT2D eigenvalue weighted by atomic mass is 14.9. The van der Waals surface area contributed by atoms with Crippen LogP contribution in [0.15, 0.2) is 43.1 Å². The first kappa shape index (κ1) is 9.07. The normalized spacial score (nSPS) is 10.6. The molecule has 2 rings (SSSR count). The Labute approximate surface area is 84.7 Å². The van der Waals surface area contributed by atoms with Gasteiger partial charge in [0, 0.05) is 23.6 Å². The number of nitrogens with zero attached hydrogens (tertiary/aromatic N) is 1. The molecule has 0 amide bonds. The van der Waals surface area contributed by atoms with Crippen LogP contribution >= 0.6 is 0 Å². The van der Waals surface area contributed by atoms with Gasteiger partial charge in [0.05, 0.1) is 0 Å². The second-order valence-corrected chi connectivity index (χ2v) is 3.60. The number of fused-ring (bicyclic) bond motifs is 1. The molecule has 0 N–H and O–H groups in total. The first-order valence-corrected chi connectivity index (χ1v) is 4.98. The van der Waals surface area contributed by atoms with Crippen LogP contribution in [0.4, 0.5) is 0 Å². The molecule has 0 radical (unpaired) electrons. The molecule has 72 valence electrons. The summed E-state index contributed by atoms with van der Waals surface area (Å²) >= 11 is 0. The van der Waals surface area contributed by atoms with Crippen molar-refractivity contribution in [1.82, 2.24) is 4.57 Å². The lowest BCUT2D eigenvalue weighted by Crippen LogP contribution is -1.93. The minimum Gasteiger partial charge on any atom is -0.347 e. The number of para-hydroxylation sites is 1. The molecular formula is C13H15N. The van der Waals surface area contributed by atoms with E-state index in [1.54, 1.807) is 0 Å². The van der Waals surface area contributed by atoms with Crippen LogP contribution < -0.4 is 0 Å². The van der Waals surface area contributed by atoms with Crippen LogP contribution in [-0.4, -0.2) is 4.57 Å². The first-order valence-electron chi connectivity index (χ1n) is 4.98. The molecule has 1 heteroatoms.